The smallest absolute Gasteiger partial charge is 0.116 e. The third-order valence-corrected chi connectivity index (χ3v) is 4.74. The number of hydrogen-bond acceptors (Lipinski definition) is 1. The van der Waals surface area contributed by atoms with Crippen LogP contribution in [0.25, 0.3) is 11.1 Å². The summed E-state index contributed by atoms with van der Waals surface area (Å²) in [5, 5.41) is 9.82. The molecule has 3 aromatic rings. The fourth-order valence-corrected chi connectivity index (χ4v) is 3.38. The molecule has 1 N–H and O–H groups in total. The summed E-state index contributed by atoms with van der Waals surface area (Å²) in [5.74, 6) is 0.329. The topological polar surface area (TPSA) is 20.2 Å². The molecule has 0 saturated heterocycles. The van der Waals surface area contributed by atoms with Gasteiger partial charge in [0, 0.05) is 0 Å². The zero-order valence-corrected chi connectivity index (χ0v) is 13.1. The van der Waals surface area contributed by atoms with E-state index < -0.39 is 0 Å². The highest BCUT2D eigenvalue weighted by Crippen LogP contribution is 2.29. The molecule has 0 amide bonds. The van der Waals surface area contributed by atoms with E-state index in [1.165, 1.54) is 27.8 Å². The highest BCUT2D eigenvalue weighted by Gasteiger charge is 2.10. The molecule has 4 bridgehead atoms. The Kier molecular flexibility index (Phi) is 3.63. The quantitative estimate of drug-likeness (QED) is 0.674. The van der Waals surface area contributed by atoms with E-state index in [4.69, 9.17) is 0 Å². The van der Waals surface area contributed by atoms with Crippen LogP contribution in [0.2, 0.25) is 0 Å². The minimum Gasteiger partial charge on any atom is -0.508 e. The molecule has 1 heteroatoms. The maximum absolute atomic E-state index is 9.82. The Morgan fingerprint density at radius 2 is 1.26 bits per heavy atom. The van der Waals surface area contributed by atoms with Crippen molar-refractivity contribution in [1.82, 2.24) is 0 Å². The molecule has 4 aliphatic carbocycles. The second kappa shape index (κ2) is 5.92. The van der Waals surface area contributed by atoms with Crippen molar-refractivity contribution in [2.45, 2.75) is 25.7 Å². The van der Waals surface area contributed by atoms with Gasteiger partial charge in [0.1, 0.15) is 5.75 Å². The number of hydrogen-bond donors (Lipinski definition) is 1. The van der Waals surface area contributed by atoms with E-state index in [2.05, 4.69) is 48.5 Å². The summed E-state index contributed by atoms with van der Waals surface area (Å²) in [6.07, 6.45) is 4.18. The normalized spacial score (nSPS) is 13.6. The Morgan fingerprint density at radius 1 is 0.609 bits per heavy atom. The standard InChI is InChI=1S/C22H20O/c23-21-3-1-2-20(15-21)22-14-18-9-8-16-4-6-17(7-5-16)10-12-19(22)13-11-18/h1-7,11,13-15,23H,8-10,12H2. The van der Waals surface area contributed by atoms with Crippen LogP contribution >= 0.6 is 0 Å². The molecule has 0 aliphatic heterocycles. The molecule has 23 heavy (non-hydrogen) atoms. The summed E-state index contributed by atoms with van der Waals surface area (Å²) in [4.78, 5) is 0. The van der Waals surface area contributed by atoms with Gasteiger partial charge in [-0.2, -0.15) is 0 Å². The molecule has 0 aromatic heterocycles. The molecule has 7 rings (SSSR count). The Bertz CT molecular complexity index is 831. The largest absolute Gasteiger partial charge is 0.508 e. The number of phenolic OH excluding ortho intramolecular Hbond substituents is 1. The average Bonchev–Trinajstić information content (AvgIpc) is 2.57. The predicted molar refractivity (Wildman–Crippen MR) is 94.8 cm³/mol. The Morgan fingerprint density at radius 3 is 2.00 bits per heavy atom. The van der Waals surface area contributed by atoms with Gasteiger partial charge in [0.2, 0.25) is 0 Å². The van der Waals surface area contributed by atoms with Crippen LogP contribution in [0.5, 0.6) is 5.75 Å². The lowest BCUT2D eigenvalue weighted by Gasteiger charge is -2.15. The first-order chi connectivity index (χ1) is 11.3. The van der Waals surface area contributed by atoms with Crippen molar-refractivity contribution in [3.63, 3.8) is 0 Å². The van der Waals surface area contributed by atoms with Gasteiger partial charge in [-0.15, -0.1) is 0 Å². The molecule has 3 aromatic carbocycles. The first-order valence-corrected chi connectivity index (χ1v) is 8.27. The van der Waals surface area contributed by atoms with Crippen LogP contribution in [0, 0.1) is 0 Å². The predicted octanol–water partition coefficient (Wildman–Crippen LogP) is 4.94. The van der Waals surface area contributed by atoms with Crippen LogP contribution in [0.4, 0.5) is 0 Å². The lowest BCUT2D eigenvalue weighted by Crippen LogP contribution is -2.00. The summed E-state index contributed by atoms with van der Waals surface area (Å²) in [5.41, 5.74) is 7.86. The second-order valence-electron chi connectivity index (χ2n) is 6.36. The number of aromatic hydroxyl groups is 1. The van der Waals surface area contributed by atoms with E-state index in [0.717, 1.165) is 31.2 Å². The minimum atomic E-state index is 0.329. The third-order valence-electron chi connectivity index (χ3n) is 4.74. The van der Waals surface area contributed by atoms with Gasteiger partial charge < -0.3 is 5.11 Å². The zero-order valence-electron chi connectivity index (χ0n) is 13.1. The van der Waals surface area contributed by atoms with Gasteiger partial charge in [-0.1, -0.05) is 54.6 Å². The summed E-state index contributed by atoms with van der Waals surface area (Å²) in [6, 6.07) is 23.5. The van der Waals surface area contributed by atoms with Crippen molar-refractivity contribution in [1.29, 1.82) is 0 Å². The maximum atomic E-state index is 9.82. The summed E-state index contributed by atoms with van der Waals surface area (Å²) >= 11 is 0. The average molecular weight is 300 g/mol. The molecular formula is C22H20O. The highest BCUT2D eigenvalue weighted by molar-refractivity contribution is 5.69. The van der Waals surface area contributed by atoms with Crippen molar-refractivity contribution < 1.29 is 5.11 Å². The van der Waals surface area contributed by atoms with Crippen molar-refractivity contribution in [2.75, 3.05) is 0 Å². The summed E-state index contributed by atoms with van der Waals surface area (Å²) in [6.45, 7) is 0. The van der Waals surface area contributed by atoms with E-state index in [-0.39, 0.29) is 0 Å². The van der Waals surface area contributed by atoms with E-state index in [1.807, 2.05) is 12.1 Å². The maximum Gasteiger partial charge on any atom is 0.116 e. The molecule has 4 aliphatic rings. The molecule has 0 atom stereocenters. The van der Waals surface area contributed by atoms with Gasteiger partial charge in [-0.05, 0) is 71.2 Å². The number of aryl methyl sites for hydroxylation is 4. The van der Waals surface area contributed by atoms with E-state index >= 15 is 0 Å². The van der Waals surface area contributed by atoms with Gasteiger partial charge in [-0.25, -0.2) is 0 Å². The number of rotatable bonds is 1. The zero-order chi connectivity index (χ0) is 15.6. The molecule has 1 nitrogen and oxygen atoms in total. The van der Waals surface area contributed by atoms with E-state index in [1.54, 1.807) is 6.07 Å². The van der Waals surface area contributed by atoms with Crippen molar-refractivity contribution in [3.05, 3.63) is 89.0 Å². The Labute approximate surface area is 137 Å². The number of phenols is 1. The molecule has 0 spiro atoms. The van der Waals surface area contributed by atoms with Crippen LogP contribution in [0.1, 0.15) is 22.3 Å². The highest BCUT2D eigenvalue weighted by atomic mass is 16.3. The Hall–Kier alpha value is -2.54. The first-order valence-electron chi connectivity index (χ1n) is 8.27. The van der Waals surface area contributed by atoms with Gasteiger partial charge in [0.15, 0.2) is 0 Å². The molecule has 114 valence electrons. The van der Waals surface area contributed by atoms with Crippen molar-refractivity contribution >= 4 is 0 Å². The fraction of sp³-hybridized carbons (Fsp3) is 0.182. The molecule has 0 fully saturated rings. The van der Waals surface area contributed by atoms with Gasteiger partial charge in [0.05, 0.1) is 0 Å². The van der Waals surface area contributed by atoms with Crippen molar-refractivity contribution in [2.24, 2.45) is 0 Å². The molecule has 0 saturated carbocycles. The fourth-order valence-electron chi connectivity index (χ4n) is 3.38. The lowest BCUT2D eigenvalue weighted by molar-refractivity contribution is 0.475. The van der Waals surface area contributed by atoms with Crippen LogP contribution in [0.3, 0.4) is 0 Å². The van der Waals surface area contributed by atoms with Crippen LogP contribution in [-0.4, -0.2) is 5.11 Å². The molecule has 0 heterocycles. The van der Waals surface area contributed by atoms with E-state index in [0.29, 0.717) is 5.75 Å². The Balaban J connectivity index is 1.79. The van der Waals surface area contributed by atoms with Crippen LogP contribution in [-0.2, 0) is 25.7 Å². The van der Waals surface area contributed by atoms with Crippen LogP contribution < -0.4 is 0 Å². The summed E-state index contributed by atoms with van der Waals surface area (Å²) in [7, 11) is 0. The molecule has 0 radical (unpaired) electrons. The molecule has 0 unspecified atom stereocenters. The van der Waals surface area contributed by atoms with Gasteiger partial charge in [-0.3, -0.25) is 0 Å². The monoisotopic (exact) mass is 300 g/mol. The second-order valence-corrected chi connectivity index (χ2v) is 6.36. The summed E-state index contributed by atoms with van der Waals surface area (Å²) < 4.78 is 0. The third kappa shape index (κ3) is 3.00. The van der Waals surface area contributed by atoms with Crippen LogP contribution in [0.15, 0.2) is 66.7 Å². The van der Waals surface area contributed by atoms with E-state index in [9.17, 15) is 5.11 Å². The SMILES string of the molecule is Oc1cccc(-c2cc3ccc2CCc2ccc(cc2)CC3)c1. The van der Waals surface area contributed by atoms with Crippen molar-refractivity contribution in [3.8, 4) is 16.9 Å². The molecular weight excluding hydrogens is 280 g/mol. The first kappa shape index (κ1) is 14.1. The number of benzene rings is 3. The lowest BCUT2D eigenvalue weighted by atomic mass is 9.90. The minimum absolute atomic E-state index is 0.329. The van der Waals surface area contributed by atoms with Gasteiger partial charge >= 0.3 is 0 Å². The van der Waals surface area contributed by atoms with Gasteiger partial charge in [0.25, 0.3) is 0 Å².